The van der Waals surface area contributed by atoms with Gasteiger partial charge < -0.3 is 5.32 Å². The lowest BCUT2D eigenvalue weighted by Gasteiger charge is -2.03. The van der Waals surface area contributed by atoms with Gasteiger partial charge in [-0.05, 0) is 24.3 Å². The molecule has 0 aliphatic heterocycles. The number of para-hydroxylation sites is 1. The number of anilines is 1. The molecule has 1 N–H and O–H groups in total. The first-order valence-corrected chi connectivity index (χ1v) is 7.35. The molecule has 0 bridgehead atoms. The zero-order chi connectivity index (χ0) is 13.1. The largest absolute Gasteiger partial charge is 0.385 e. The van der Waals surface area contributed by atoms with E-state index in [1.165, 1.54) is 0 Å². The van der Waals surface area contributed by atoms with Gasteiger partial charge in [-0.25, -0.2) is 4.98 Å². The summed E-state index contributed by atoms with van der Waals surface area (Å²) in [5.74, 6) is 0. The minimum Gasteiger partial charge on any atom is -0.385 e. The van der Waals surface area contributed by atoms with Crippen molar-refractivity contribution < 1.29 is 0 Å². The van der Waals surface area contributed by atoms with Crippen LogP contribution in [0.5, 0.6) is 0 Å². The van der Waals surface area contributed by atoms with E-state index in [0.717, 1.165) is 38.9 Å². The summed E-state index contributed by atoms with van der Waals surface area (Å²) < 4.78 is 1.08. The summed E-state index contributed by atoms with van der Waals surface area (Å²) in [7, 11) is 0. The van der Waals surface area contributed by atoms with Crippen LogP contribution in [-0.2, 0) is 6.42 Å². The standard InChI is InChI=1S/C15H13ClN2S/c16-12-7-4-8-13-15(12)19-14(18-13)9-10-17-11-5-2-1-3-6-11/h1-8,17H,9-10H2. The van der Waals surface area contributed by atoms with Crippen molar-refractivity contribution in [1.29, 1.82) is 0 Å². The molecule has 0 aliphatic rings. The summed E-state index contributed by atoms with van der Waals surface area (Å²) in [4.78, 5) is 4.60. The average molecular weight is 289 g/mol. The molecular weight excluding hydrogens is 276 g/mol. The summed E-state index contributed by atoms with van der Waals surface area (Å²) in [6.07, 6.45) is 0.907. The Balaban J connectivity index is 1.67. The van der Waals surface area contributed by atoms with Crippen molar-refractivity contribution in [2.75, 3.05) is 11.9 Å². The van der Waals surface area contributed by atoms with E-state index in [1.807, 2.05) is 36.4 Å². The SMILES string of the molecule is Clc1cccc2nc(CCNc3ccccc3)sc12. The first kappa shape index (κ1) is 12.5. The van der Waals surface area contributed by atoms with Crippen molar-refractivity contribution in [3.8, 4) is 0 Å². The zero-order valence-electron chi connectivity index (χ0n) is 10.3. The first-order chi connectivity index (χ1) is 9.33. The number of benzene rings is 2. The summed E-state index contributed by atoms with van der Waals surface area (Å²) in [5, 5.41) is 5.29. The Morgan fingerprint density at radius 1 is 1.05 bits per heavy atom. The third-order valence-electron chi connectivity index (χ3n) is 2.85. The number of thiazole rings is 1. The minimum atomic E-state index is 0.789. The third-order valence-corrected chi connectivity index (χ3v) is 4.44. The number of fused-ring (bicyclic) bond motifs is 1. The van der Waals surface area contributed by atoms with Gasteiger partial charge in [-0.15, -0.1) is 11.3 Å². The van der Waals surface area contributed by atoms with Crippen LogP contribution in [-0.4, -0.2) is 11.5 Å². The fourth-order valence-electron chi connectivity index (χ4n) is 1.94. The molecule has 1 heterocycles. The van der Waals surface area contributed by atoms with Crippen molar-refractivity contribution >= 4 is 38.8 Å². The van der Waals surface area contributed by atoms with Crippen LogP contribution in [0.1, 0.15) is 5.01 Å². The molecule has 2 nitrogen and oxygen atoms in total. The van der Waals surface area contributed by atoms with Gasteiger partial charge in [0.2, 0.25) is 0 Å². The van der Waals surface area contributed by atoms with E-state index in [0.29, 0.717) is 0 Å². The van der Waals surface area contributed by atoms with Crippen LogP contribution in [0.2, 0.25) is 5.02 Å². The van der Waals surface area contributed by atoms with E-state index in [2.05, 4.69) is 22.4 Å². The van der Waals surface area contributed by atoms with Gasteiger partial charge in [0.25, 0.3) is 0 Å². The van der Waals surface area contributed by atoms with Crippen molar-refractivity contribution in [2.45, 2.75) is 6.42 Å². The van der Waals surface area contributed by atoms with Crippen LogP contribution < -0.4 is 5.32 Å². The number of hydrogen-bond donors (Lipinski definition) is 1. The molecule has 4 heteroatoms. The Morgan fingerprint density at radius 3 is 2.68 bits per heavy atom. The predicted molar refractivity (Wildman–Crippen MR) is 83.3 cm³/mol. The van der Waals surface area contributed by atoms with Gasteiger partial charge in [-0.1, -0.05) is 35.9 Å². The van der Waals surface area contributed by atoms with Crippen molar-refractivity contribution in [3.63, 3.8) is 0 Å². The van der Waals surface area contributed by atoms with E-state index in [4.69, 9.17) is 11.6 Å². The highest BCUT2D eigenvalue weighted by molar-refractivity contribution is 7.19. The number of hydrogen-bond acceptors (Lipinski definition) is 3. The number of nitrogens with zero attached hydrogens (tertiary/aromatic N) is 1. The van der Waals surface area contributed by atoms with Gasteiger partial charge in [-0.3, -0.25) is 0 Å². The molecule has 0 atom stereocenters. The van der Waals surface area contributed by atoms with Crippen LogP contribution in [0.15, 0.2) is 48.5 Å². The molecule has 0 fully saturated rings. The molecule has 2 aromatic carbocycles. The van der Waals surface area contributed by atoms with E-state index in [9.17, 15) is 0 Å². The lowest BCUT2D eigenvalue weighted by molar-refractivity contribution is 1.00. The normalized spacial score (nSPS) is 10.8. The van der Waals surface area contributed by atoms with Gasteiger partial charge in [-0.2, -0.15) is 0 Å². The molecule has 3 rings (SSSR count). The van der Waals surface area contributed by atoms with Crippen molar-refractivity contribution in [1.82, 2.24) is 4.98 Å². The highest BCUT2D eigenvalue weighted by atomic mass is 35.5. The second kappa shape index (κ2) is 5.59. The van der Waals surface area contributed by atoms with Gasteiger partial charge in [0.15, 0.2) is 0 Å². The maximum atomic E-state index is 6.16. The van der Waals surface area contributed by atoms with Gasteiger partial charge in [0.1, 0.15) is 0 Å². The van der Waals surface area contributed by atoms with Crippen LogP contribution in [0.4, 0.5) is 5.69 Å². The van der Waals surface area contributed by atoms with E-state index in [1.54, 1.807) is 11.3 Å². The fraction of sp³-hybridized carbons (Fsp3) is 0.133. The molecule has 0 aliphatic carbocycles. The third kappa shape index (κ3) is 2.88. The second-order valence-corrected chi connectivity index (χ2v) is 5.73. The Labute approximate surface area is 121 Å². The number of halogens is 1. The summed E-state index contributed by atoms with van der Waals surface area (Å²) >= 11 is 7.83. The molecule has 0 unspecified atom stereocenters. The summed E-state index contributed by atoms with van der Waals surface area (Å²) in [6.45, 7) is 0.876. The summed E-state index contributed by atoms with van der Waals surface area (Å²) in [6, 6.07) is 16.1. The van der Waals surface area contributed by atoms with Crippen LogP contribution in [0.25, 0.3) is 10.2 Å². The average Bonchev–Trinajstić information content (AvgIpc) is 2.84. The van der Waals surface area contributed by atoms with Crippen LogP contribution >= 0.6 is 22.9 Å². The highest BCUT2D eigenvalue weighted by Crippen LogP contribution is 2.29. The smallest absolute Gasteiger partial charge is 0.0956 e. The molecule has 0 saturated carbocycles. The fourth-order valence-corrected chi connectivity index (χ4v) is 3.19. The molecule has 1 aromatic heterocycles. The van der Waals surface area contributed by atoms with E-state index in [-0.39, 0.29) is 0 Å². The zero-order valence-corrected chi connectivity index (χ0v) is 11.8. The number of aromatic nitrogens is 1. The molecule has 3 aromatic rings. The molecule has 0 amide bonds. The Hall–Kier alpha value is -1.58. The lowest BCUT2D eigenvalue weighted by atomic mass is 10.3. The van der Waals surface area contributed by atoms with Gasteiger partial charge in [0, 0.05) is 18.7 Å². The molecule has 19 heavy (non-hydrogen) atoms. The Kier molecular flexibility index (Phi) is 3.67. The lowest BCUT2D eigenvalue weighted by Crippen LogP contribution is -2.04. The van der Waals surface area contributed by atoms with E-state index >= 15 is 0 Å². The first-order valence-electron chi connectivity index (χ1n) is 6.16. The minimum absolute atomic E-state index is 0.789. The van der Waals surface area contributed by atoms with Crippen molar-refractivity contribution in [3.05, 3.63) is 58.6 Å². The Bertz CT molecular complexity index is 679. The molecule has 0 spiro atoms. The monoisotopic (exact) mass is 288 g/mol. The van der Waals surface area contributed by atoms with E-state index < -0.39 is 0 Å². The number of rotatable bonds is 4. The molecule has 0 radical (unpaired) electrons. The highest BCUT2D eigenvalue weighted by Gasteiger charge is 2.06. The van der Waals surface area contributed by atoms with Gasteiger partial charge in [0.05, 0.1) is 20.2 Å². The van der Waals surface area contributed by atoms with Crippen LogP contribution in [0, 0.1) is 0 Å². The molecule has 96 valence electrons. The maximum absolute atomic E-state index is 6.16. The molecule has 0 saturated heterocycles. The quantitative estimate of drug-likeness (QED) is 0.759. The number of nitrogens with one attached hydrogen (secondary N) is 1. The maximum Gasteiger partial charge on any atom is 0.0956 e. The van der Waals surface area contributed by atoms with Crippen LogP contribution in [0.3, 0.4) is 0 Å². The van der Waals surface area contributed by atoms with Crippen molar-refractivity contribution in [2.24, 2.45) is 0 Å². The predicted octanol–water partition coefficient (Wildman–Crippen LogP) is 4.60. The second-order valence-electron chi connectivity index (χ2n) is 4.24. The molecular formula is C15H13ClN2S. The Morgan fingerprint density at radius 2 is 1.89 bits per heavy atom. The topological polar surface area (TPSA) is 24.9 Å². The summed E-state index contributed by atoms with van der Waals surface area (Å²) in [5.41, 5.74) is 2.13. The van der Waals surface area contributed by atoms with Gasteiger partial charge >= 0.3 is 0 Å².